The van der Waals surface area contributed by atoms with Gasteiger partial charge in [-0.2, -0.15) is 13.2 Å². The summed E-state index contributed by atoms with van der Waals surface area (Å²) in [6.45, 7) is 1.89. The number of hydrogen-bond donors (Lipinski definition) is 2. The van der Waals surface area contributed by atoms with Crippen LogP contribution in [-0.4, -0.2) is 47.8 Å². The molecule has 0 bridgehead atoms. The van der Waals surface area contributed by atoms with Crippen molar-refractivity contribution in [2.45, 2.75) is 62.4 Å². The van der Waals surface area contributed by atoms with Gasteiger partial charge in [0.15, 0.2) is 0 Å². The van der Waals surface area contributed by atoms with Crippen LogP contribution in [-0.2, 0) is 16.9 Å². The molecule has 9 heteroatoms. The third-order valence-electron chi connectivity index (χ3n) is 7.51. The van der Waals surface area contributed by atoms with Gasteiger partial charge in [0.25, 0.3) is 11.5 Å². The van der Waals surface area contributed by atoms with Gasteiger partial charge in [-0.3, -0.25) is 4.79 Å². The number of aliphatic hydroxyl groups is 1. The fourth-order valence-electron chi connectivity index (χ4n) is 5.12. The predicted octanol–water partition coefficient (Wildman–Crippen LogP) is 5.21. The smallest absolute Gasteiger partial charge is 0.430 e. The Labute approximate surface area is 216 Å². The number of hydrogen-bond acceptors (Lipinski definition) is 4. The van der Waals surface area contributed by atoms with Gasteiger partial charge in [-0.1, -0.05) is 42.5 Å². The number of ether oxygens (including phenoxy) is 1. The molecular weight excluding hydrogens is 493 g/mol. The van der Waals surface area contributed by atoms with Gasteiger partial charge >= 0.3 is 6.18 Å². The Morgan fingerprint density at radius 3 is 2.36 bits per heavy atom. The fourth-order valence-corrected chi connectivity index (χ4v) is 5.12. The van der Waals surface area contributed by atoms with Gasteiger partial charge in [-0.15, -0.1) is 12.4 Å². The van der Waals surface area contributed by atoms with Gasteiger partial charge in [-0.05, 0) is 75.2 Å². The first-order chi connectivity index (χ1) is 16.7. The maximum absolute atomic E-state index is 14.5. The summed E-state index contributed by atoms with van der Waals surface area (Å²) in [7, 11) is 1.33. The van der Waals surface area contributed by atoms with E-state index in [0.29, 0.717) is 25.2 Å². The molecule has 2 aromatic carbocycles. The second kappa shape index (κ2) is 11.4. The minimum Gasteiger partial charge on any atom is -0.497 e. The van der Waals surface area contributed by atoms with Crippen molar-refractivity contribution < 1.29 is 27.8 Å². The van der Waals surface area contributed by atoms with E-state index < -0.39 is 28.8 Å². The van der Waals surface area contributed by atoms with Crippen molar-refractivity contribution in [2.75, 3.05) is 20.2 Å². The van der Waals surface area contributed by atoms with Crippen LogP contribution in [0.15, 0.2) is 54.6 Å². The third kappa shape index (κ3) is 5.82. The monoisotopic (exact) mass is 526 g/mol. The molecule has 1 atom stereocenters. The highest BCUT2D eigenvalue weighted by Crippen LogP contribution is 2.51. The quantitative estimate of drug-likeness (QED) is 0.471. The number of carbonyl (C=O) groups is 1. The van der Waals surface area contributed by atoms with Crippen LogP contribution in [0, 0.1) is 5.92 Å². The van der Waals surface area contributed by atoms with E-state index in [1.54, 1.807) is 24.3 Å². The maximum atomic E-state index is 14.5. The van der Waals surface area contributed by atoms with Crippen molar-refractivity contribution in [2.24, 2.45) is 5.92 Å². The molecule has 1 heterocycles. The highest BCUT2D eigenvalue weighted by Gasteiger charge is 2.65. The number of methoxy groups -OCH3 is 1. The summed E-state index contributed by atoms with van der Waals surface area (Å²) in [6.07, 6.45) is -0.425. The van der Waals surface area contributed by atoms with Crippen LogP contribution in [0.1, 0.15) is 49.7 Å². The van der Waals surface area contributed by atoms with Gasteiger partial charge in [0.1, 0.15) is 5.75 Å². The lowest BCUT2D eigenvalue weighted by atomic mass is 9.87. The lowest BCUT2D eigenvalue weighted by Gasteiger charge is -2.40. The van der Waals surface area contributed by atoms with Crippen molar-refractivity contribution >= 4 is 18.3 Å². The molecule has 1 amide bonds. The van der Waals surface area contributed by atoms with Crippen LogP contribution < -0.4 is 10.1 Å². The molecule has 1 aliphatic heterocycles. The SMILES string of the molecule is COc1cccc([C@@](O)(C(=O)N(Cc2ccccc2)C2(CCC3CCNCC3)CC2)C(F)(F)F)c1.Cl. The molecule has 2 fully saturated rings. The van der Waals surface area contributed by atoms with Gasteiger partial charge in [0.05, 0.1) is 7.11 Å². The van der Waals surface area contributed by atoms with E-state index >= 15 is 0 Å². The molecule has 0 radical (unpaired) electrons. The topological polar surface area (TPSA) is 61.8 Å². The molecular formula is C27H34ClF3N2O3. The number of nitrogens with zero attached hydrogens (tertiary/aromatic N) is 1. The molecule has 1 saturated heterocycles. The molecule has 36 heavy (non-hydrogen) atoms. The molecule has 1 saturated carbocycles. The van der Waals surface area contributed by atoms with Crippen molar-refractivity contribution in [3.8, 4) is 5.75 Å². The van der Waals surface area contributed by atoms with Gasteiger partial charge in [0, 0.05) is 17.6 Å². The van der Waals surface area contributed by atoms with Crippen molar-refractivity contribution in [1.82, 2.24) is 10.2 Å². The summed E-state index contributed by atoms with van der Waals surface area (Å²) in [4.78, 5) is 15.2. The summed E-state index contributed by atoms with van der Waals surface area (Å²) in [5.74, 6) is -0.702. The summed E-state index contributed by atoms with van der Waals surface area (Å²) >= 11 is 0. The van der Waals surface area contributed by atoms with Crippen molar-refractivity contribution in [1.29, 1.82) is 0 Å². The minimum atomic E-state index is -5.21. The van der Waals surface area contributed by atoms with Crippen LogP contribution in [0.2, 0.25) is 0 Å². The number of nitrogens with one attached hydrogen (secondary N) is 1. The van der Waals surface area contributed by atoms with E-state index in [0.717, 1.165) is 50.0 Å². The Morgan fingerprint density at radius 2 is 1.78 bits per heavy atom. The lowest BCUT2D eigenvalue weighted by molar-refractivity contribution is -0.263. The number of piperidine rings is 1. The highest BCUT2D eigenvalue weighted by molar-refractivity contribution is 5.88. The van der Waals surface area contributed by atoms with E-state index in [2.05, 4.69) is 5.32 Å². The second-order valence-electron chi connectivity index (χ2n) is 9.77. The molecule has 5 nitrogen and oxygen atoms in total. The fraction of sp³-hybridized carbons (Fsp3) is 0.519. The van der Waals surface area contributed by atoms with E-state index in [1.807, 2.05) is 6.07 Å². The van der Waals surface area contributed by atoms with Crippen LogP contribution in [0.3, 0.4) is 0 Å². The Hall–Kier alpha value is -2.29. The number of amides is 1. The predicted molar refractivity (Wildman–Crippen MR) is 134 cm³/mol. The summed E-state index contributed by atoms with van der Waals surface area (Å²) in [6, 6.07) is 14.0. The maximum Gasteiger partial charge on any atom is 0.430 e. The molecule has 0 unspecified atom stereocenters. The van der Waals surface area contributed by atoms with Crippen molar-refractivity contribution in [3.63, 3.8) is 0 Å². The first-order valence-corrected chi connectivity index (χ1v) is 12.2. The van der Waals surface area contributed by atoms with Crippen molar-refractivity contribution in [3.05, 3.63) is 65.7 Å². The molecule has 2 aromatic rings. The molecule has 2 N–H and O–H groups in total. The van der Waals surface area contributed by atoms with Gasteiger partial charge in [0.2, 0.25) is 0 Å². The zero-order valence-electron chi connectivity index (χ0n) is 20.4. The summed E-state index contributed by atoms with van der Waals surface area (Å²) in [5, 5.41) is 14.5. The minimum absolute atomic E-state index is 0. The van der Waals surface area contributed by atoms with Gasteiger partial charge in [-0.25, -0.2) is 0 Å². The molecule has 4 rings (SSSR count). The first-order valence-electron chi connectivity index (χ1n) is 12.2. The number of halogens is 4. The number of benzene rings is 2. The van der Waals surface area contributed by atoms with E-state index in [4.69, 9.17) is 4.74 Å². The summed E-state index contributed by atoms with van der Waals surface area (Å²) in [5.41, 5.74) is -4.18. The van der Waals surface area contributed by atoms with Crippen LogP contribution in [0.4, 0.5) is 13.2 Å². The molecule has 0 spiro atoms. The first kappa shape index (κ1) is 28.3. The number of rotatable bonds is 9. The van der Waals surface area contributed by atoms with Crippen LogP contribution >= 0.6 is 12.4 Å². The van der Waals surface area contributed by atoms with E-state index in [9.17, 15) is 23.1 Å². The standard InChI is InChI=1S/C27H33F3N2O3.ClH/c1-35-23-9-5-8-22(18-23)26(34,27(28,29)30)24(33)32(19-21-6-3-2-4-7-21)25(14-15-25)13-10-20-11-16-31-17-12-20;/h2-9,18,20,31,34H,10-17,19H2,1H3;1H/t26-;/m1./s1. The average molecular weight is 527 g/mol. The zero-order chi connectivity index (χ0) is 25.1. The van der Waals surface area contributed by atoms with E-state index in [-0.39, 0.29) is 24.7 Å². The Bertz CT molecular complexity index is 1010. The van der Waals surface area contributed by atoms with E-state index in [1.165, 1.54) is 24.1 Å². The molecule has 2 aliphatic rings. The molecule has 1 aliphatic carbocycles. The molecule has 0 aromatic heterocycles. The Morgan fingerprint density at radius 1 is 1.11 bits per heavy atom. The Kier molecular flexibility index (Phi) is 8.96. The second-order valence-corrected chi connectivity index (χ2v) is 9.77. The third-order valence-corrected chi connectivity index (χ3v) is 7.51. The number of carbonyl (C=O) groups excluding carboxylic acids is 1. The van der Waals surface area contributed by atoms with Crippen LogP contribution in [0.25, 0.3) is 0 Å². The van der Waals surface area contributed by atoms with Gasteiger partial charge < -0.3 is 20.1 Å². The largest absolute Gasteiger partial charge is 0.497 e. The summed E-state index contributed by atoms with van der Waals surface area (Å²) < 4.78 is 48.6. The highest BCUT2D eigenvalue weighted by atomic mass is 35.5. The lowest BCUT2D eigenvalue weighted by Crippen LogP contribution is -2.58. The Balaban J connectivity index is 0.00000361. The normalized spacial score (nSPS) is 19.0. The average Bonchev–Trinajstić information content (AvgIpc) is 3.66. The molecule has 198 valence electrons. The van der Waals surface area contributed by atoms with Crippen LogP contribution in [0.5, 0.6) is 5.75 Å². The number of alkyl halides is 3. The zero-order valence-corrected chi connectivity index (χ0v) is 21.2.